The summed E-state index contributed by atoms with van der Waals surface area (Å²) in [4.78, 5) is 4.24. The smallest absolute Gasteiger partial charge is 0.168 e. The largest absolute Gasteiger partial charge is 0.487 e. The van der Waals surface area contributed by atoms with Gasteiger partial charge in [-0.1, -0.05) is 0 Å². The Hall–Kier alpha value is -1.10. The van der Waals surface area contributed by atoms with Gasteiger partial charge < -0.3 is 10.1 Å². The molecule has 0 bridgehead atoms. The molecule has 1 heterocycles. The lowest BCUT2D eigenvalue weighted by Crippen LogP contribution is -2.11. The van der Waals surface area contributed by atoms with Gasteiger partial charge in [0.25, 0.3) is 0 Å². The van der Waals surface area contributed by atoms with Gasteiger partial charge in [0.1, 0.15) is 0 Å². The van der Waals surface area contributed by atoms with Crippen molar-refractivity contribution in [3.8, 4) is 5.75 Å². The molecule has 0 radical (unpaired) electrons. The van der Waals surface area contributed by atoms with Gasteiger partial charge in [-0.2, -0.15) is 0 Å². The van der Waals surface area contributed by atoms with E-state index < -0.39 is 10.8 Å². The molecule has 0 spiro atoms. The van der Waals surface area contributed by atoms with Crippen LogP contribution in [0.2, 0.25) is 0 Å². The second-order valence-electron chi connectivity index (χ2n) is 4.07. The summed E-state index contributed by atoms with van der Waals surface area (Å²) in [5, 5.41) is 3.20. The summed E-state index contributed by atoms with van der Waals surface area (Å²) < 4.78 is 16.5. The van der Waals surface area contributed by atoms with E-state index in [0.29, 0.717) is 5.75 Å². The van der Waals surface area contributed by atoms with Crippen molar-refractivity contribution in [3.63, 3.8) is 0 Å². The first-order valence-corrected chi connectivity index (χ1v) is 7.48. The van der Waals surface area contributed by atoms with Crippen LogP contribution < -0.4 is 10.1 Å². The summed E-state index contributed by atoms with van der Waals surface area (Å²) in [5.74, 6) is 2.23. The number of nitrogens with zero attached hydrogens (tertiary/aromatic N) is 1. The number of pyridine rings is 1. The average molecular weight is 256 g/mol. The van der Waals surface area contributed by atoms with Crippen LogP contribution >= 0.6 is 0 Å². The first-order valence-electron chi connectivity index (χ1n) is 5.75. The third-order valence-corrected chi connectivity index (χ3v) is 2.90. The molecule has 0 fully saturated rings. The molecule has 1 N–H and O–H groups in total. The normalized spacial score (nSPS) is 12.5. The summed E-state index contributed by atoms with van der Waals surface area (Å²) in [6.07, 6.45) is 4.44. The Morgan fingerprint density at radius 3 is 2.94 bits per heavy atom. The number of hydrogen-bond acceptors (Lipinski definition) is 4. The van der Waals surface area contributed by atoms with Crippen LogP contribution in [0.4, 0.5) is 5.82 Å². The van der Waals surface area contributed by atoms with Crippen LogP contribution in [0, 0.1) is 0 Å². The lowest BCUT2D eigenvalue weighted by atomic mass is 10.4. The van der Waals surface area contributed by atoms with Crippen LogP contribution in [0.3, 0.4) is 0 Å². The molecule has 1 rings (SSSR count). The molecule has 0 aliphatic carbocycles. The minimum atomic E-state index is -0.730. The van der Waals surface area contributed by atoms with Crippen molar-refractivity contribution in [1.82, 2.24) is 4.98 Å². The summed E-state index contributed by atoms with van der Waals surface area (Å²) in [5.41, 5.74) is 0. The maximum Gasteiger partial charge on any atom is 0.168 e. The first kappa shape index (κ1) is 14.0. The Morgan fingerprint density at radius 1 is 1.53 bits per heavy atom. The summed E-state index contributed by atoms with van der Waals surface area (Å²) >= 11 is 0. The Kier molecular flexibility index (Phi) is 5.97. The van der Waals surface area contributed by atoms with Crippen LogP contribution in [0.15, 0.2) is 18.3 Å². The molecule has 1 unspecified atom stereocenters. The molecule has 0 aliphatic heterocycles. The summed E-state index contributed by atoms with van der Waals surface area (Å²) in [6, 6.07) is 3.75. The third kappa shape index (κ3) is 5.68. The van der Waals surface area contributed by atoms with Crippen molar-refractivity contribution in [2.45, 2.75) is 26.4 Å². The predicted octanol–water partition coefficient (Wildman–Crippen LogP) is 2.05. The van der Waals surface area contributed by atoms with Crippen molar-refractivity contribution in [1.29, 1.82) is 0 Å². The van der Waals surface area contributed by atoms with Gasteiger partial charge in [0, 0.05) is 35.5 Å². The van der Waals surface area contributed by atoms with Gasteiger partial charge in [-0.05, 0) is 32.4 Å². The number of rotatable bonds is 7. The van der Waals surface area contributed by atoms with E-state index in [2.05, 4.69) is 10.3 Å². The van der Waals surface area contributed by atoms with Crippen molar-refractivity contribution >= 4 is 16.6 Å². The van der Waals surface area contributed by atoms with Gasteiger partial charge in [0.15, 0.2) is 11.6 Å². The molecule has 1 aromatic rings. The fourth-order valence-electron chi connectivity index (χ4n) is 1.35. The van der Waals surface area contributed by atoms with Crippen molar-refractivity contribution < 1.29 is 8.95 Å². The molecule has 0 aromatic carbocycles. The maximum atomic E-state index is 10.9. The number of ether oxygens (including phenoxy) is 1. The maximum absolute atomic E-state index is 10.9. The van der Waals surface area contributed by atoms with Gasteiger partial charge in [-0.15, -0.1) is 0 Å². The molecule has 5 heteroatoms. The fraction of sp³-hybridized carbons (Fsp3) is 0.583. The minimum Gasteiger partial charge on any atom is -0.487 e. The van der Waals surface area contributed by atoms with E-state index in [0.717, 1.165) is 24.5 Å². The fourth-order valence-corrected chi connectivity index (χ4v) is 1.91. The highest BCUT2D eigenvalue weighted by molar-refractivity contribution is 7.84. The predicted molar refractivity (Wildman–Crippen MR) is 72.0 cm³/mol. The van der Waals surface area contributed by atoms with E-state index in [1.807, 2.05) is 26.0 Å². The highest BCUT2D eigenvalue weighted by Crippen LogP contribution is 2.21. The van der Waals surface area contributed by atoms with Crippen LogP contribution in [0.25, 0.3) is 0 Å². The lowest BCUT2D eigenvalue weighted by Gasteiger charge is -2.14. The van der Waals surface area contributed by atoms with Crippen molar-refractivity contribution in [2.75, 3.05) is 23.9 Å². The number of hydrogen-bond donors (Lipinski definition) is 1. The van der Waals surface area contributed by atoms with Crippen LogP contribution in [-0.4, -0.2) is 33.9 Å². The Bertz CT molecular complexity index is 369. The molecule has 17 heavy (non-hydrogen) atoms. The molecule has 1 aromatic heterocycles. The Balaban J connectivity index is 2.49. The SMILES string of the molecule is CC(C)Oc1cccnc1NCCCS(C)=O. The highest BCUT2D eigenvalue weighted by Gasteiger charge is 2.05. The van der Waals surface area contributed by atoms with Crippen LogP contribution in [0.1, 0.15) is 20.3 Å². The number of nitrogens with one attached hydrogen (secondary N) is 1. The Labute approximate surface area is 105 Å². The van der Waals surface area contributed by atoms with Crippen LogP contribution in [0.5, 0.6) is 5.75 Å². The zero-order chi connectivity index (χ0) is 12.7. The monoisotopic (exact) mass is 256 g/mol. The van der Waals surface area contributed by atoms with E-state index in [1.165, 1.54) is 0 Å². The minimum absolute atomic E-state index is 0.128. The first-order chi connectivity index (χ1) is 8.09. The standard InChI is InChI=1S/C12H20N2O2S/c1-10(2)16-11-6-4-7-13-12(11)14-8-5-9-17(3)15/h4,6-7,10H,5,8-9H2,1-3H3,(H,13,14). The van der Waals surface area contributed by atoms with Gasteiger partial charge in [0.05, 0.1) is 6.10 Å². The van der Waals surface area contributed by atoms with Crippen molar-refractivity contribution in [2.24, 2.45) is 0 Å². The van der Waals surface area contributed by atoms with Crippen molar-refractivity contribution in [3.05, 3.63) is 18.3 Å². The molecule has 1 atom stereocenters. The Morgan fingerprint density at radius 2 is 2.29 bits per heavy atom. The molecule has 0 amide bonds. The molecule has 0 saturated carbocycles. The van der Waals surface area contributed by atoms with E-state index >= 15 is 0 Å². The molecular weight excluding hydrogens is 236 g/mol. The molecular formula is C12H20N2O2S. The second kappa shape index (κ2) is 7.27. The van der Waals surface area contributed by atoms with Gasteiger partial charge >= 0.3 is 0 Å². The topological polar surface area (TPSA) is 51.2 Å². The van der Waals surface area contributed by atoms with Gasteiger partial charge in [-0.3, -0.25) is 4.21 Å². The third-order valence-electron chi connectivity index (χ3n) is 2.03. The highest BCUT2D eigenvalue weighted by atomic mass is 32.2. The number of anilines is 1. The van der Waals surface area contributed by atoms with Crippen LogP contribution in [-0.2, 0) is 10.8 Å². The zero-order valence-electron chi connectivity index (χ0n) is 10.6. The lowest BCUT2D eigenvalue weighted by molar-refractivity contribution is 0.243. The van der Waals surface area contributed by atoms with E-state index in [1.54, 1.807) is 12.5 Å². The second-order valence-corrected chi connectivity index (χ2v) is 5.63. The summed E-state index contributed by atoms with van der Waals surface area (Å²) in [7, 11) is -0.730. The molecule has 0 saturated heterocycles. The summed E-state index contributed by atoms with van der Waals surface area (Å²) in [6.45, 7) is 4.72. The molecule has 96 valence electrons. The van der Waals surface area contributed by atoms with Gasteiger partial charge in [0.2, 0.25) is 0 Å². The number of aromatic nitrogens is 1. The van der Waals surface area contributed by atoms with E-state index in [9.17, 15) is 4.21 Å². The molecule has 0 aliphatic rings. The average Bonchev–Trinajstić information content (AvgIpc) is 2.25. The van der Waals surface area contributed by atoms with E-state index in [4.69, 9.17) is 4.74 Å². The van der Waals surface area contributed by atoms with E-state index in [-0.39, 0.29) is 6.10 Å². The quantitative estimate of drug-likeness (QED) is 0.759. The zero-order valence-corrected chi connectivity index (χ0v) is 11.4. The molecule has 4 nitrogen and oxygen atoms in total. The van der Waals surface area contributed by atoms with Gasteiger partial charge in [-0.25, -0.2) is 4.98 Å².